The number of ketones is 1. The minimum atomic E-state index is -4.45. The lowest BCUT2D eigenvalue weighted by atomic mass is 9.96. The molecule has 3 nitrogen and oxygen atoms in total. The van der Waals surface area contributed by atoms with E-state index in [0.29, 0.717) is 30.2 Å². The number of rotatable bonds is 3. The lowest BCUT2D eigenvalue weighted by Gasteiger charge is -2.34. The molecule has 0 spiro atoms. The third-order valence-corrected chi connectivity index (χ3v) is 5.27. The normalized spacial score (nSPS) is 18.4. The van der Waals surface area contributed by atoms with Crippen molar-refractivity contribution < 1.29 is 22.4 Å². The zero-order valence-electron chi connectivity index (χ0n) is 13.4. The lowest BCUT2D eigenvalue weighted by Crippen LogP contribution is -2.35. The Morgan fingerprint density at radius 2 is 2.12 bits per heavy atom. The van der Waals surface area contributed by atoms with Crippen LogP contribution >= 0.6 is 11.3 Å². The van der Waals surface area contributed by atoms with Crippen LogP contribution in [0.1, 0.15) is 46.7 Å². The van der Waals surface area contributed by atoms with Crippen LogP contribution in [0.15, 0.2) is 23.6 Å². The first-order valence-electron chi connectivity index (χ1n) is 7.84. The number of Topliss-reactive ketones (excluding diaryl/α,β-unsaturated/α-hetero) is 1. The minimum Gasteiger partial charge on any atom is -0.370 e. The number of anilines is 1. The van der Waals surface area contributed by atoms with E-state index in [2.05, 4.69) is 4.98 Å². The Hall–Kier alpha value is -1.96. The molecular weight excluding hydrogens is 356 g/mol. The van der Waals surface area contributed by atoms with Crippen molar-refractivity contribution in [2.45, 2.75) is 31.9 Å². The number of alkyl halides is 3. The van der Waals surface area contributed by atoms with E-state index in [9.17, 15) is 22.4 Å². The molecule has 0 bridgehead atoms. The average Bonchev–Trinajstić information content (AvgIpc) is 3.04. The largest absolute Gasteiger partial charge is 0.434 e. The van der Waals surface area contributed by atoms with Gasteiger partial charge in [0.15, 0.2) is 11.5 Å². The van der Waals surface area contributed by atoms with Crippen LogP contribution in [0.2, 0.25) is 0 Å². The van der Waals surface area contributed by atoms with Crippen LogP contribution in [0.5, 0.6) is 0 Å². The van der Waals surface area contributed by atoms with Gasteiger partial charge in [-0.25, -0.2) is 9.37 Å². The number of halogens is 4. The van der Waals surface area contributed by atoms with E-state index in [-0.39, 0.29) is 17.3 Å². The zero-order valence-corrected chi connectivity index (χ0v) is 14.3. The summed E-state index contributed by atoms with van der Waals surface area (Å²) in [7, 11) is 0. The van der Waals surface area contributed by atoms with Crippen molar-refractivity contribution in [1.82, 2.24) is 4.98 Å². The van der Waals surface area contributed by atoms with Crippen molar-refractivity contribution in [3.8, 4) is 0 Å². The first-order chi connectivity index (χ1) is 11.8. The van der Waals surface area contributed by atoms with Gasteiger partial charge in [-0.2, -0.15) is 13.2 Å². The highest BCUT2D eigenvalue weighted by atomic mass is 32.1. The maximum Gasteiger partial charge on any atom is 0.434 e. The summed E-state index contributed by atoms with van der Waals surface area (Å²) in [5.41, 5.74) is -0.358. The maximum atomic E-state index is 14.0. The molecule has 0 radical (unpaired) electrons. The van der Waals surface area contributed by atoms with Gasteiger partial charge in [0.05, 0.1) is 16.3 Å². The Labute approximate surface area is 146 Å². The Morgan fingerprint density at radius 1 is 1.36 bits per heavy atom. The first kappa shape index (κ1) is 17.8. The molecule has 1 unspecified atom stereocenters. The summed E-state index contributed by atoms with van der Waals surface area (Å²) < 4.78 is 52.3. The summed E-state index contributed by atoms with van der Waals surface area (Å²) in [6, 6.07) is 4.44. The highest BCUT2D eigenvalue weighted by Crippen LogP contribution is 2.36. The number of piperidine rings is 1. The molecule has 1 fully saturated rings. The van der Waals surface area contributed by atoms with Crippen LogP contribution in [-0.4, -0.2) is 23.9 Å². The third kappa shape index (κ3) is 3.68. The molecule has 1 saturated heterocycles. The quantitative estimate of drug-likeness (QED) is 0.568. The topological polar surface area (TPSA) is 33.2 Å². The lowest BCUT2D eigenvalue weighted by molar-refractivity contribution is -0.140. The van der Waals surface area contributed by atoms with Crippen molar-refractivity contribution in [1.29, 1.82) is 0 Å². The van der Waals surface area contributed by atoms with Crippen LogP contribution in [0.25, 0.3) is 0 Å². The summed E-state index contributed by atoms with van der Waals surface area (Å²) >= 11 is 0.995. The van der Waals surface area contributed by atoms with E-state index >= 15 is 0 Å². The number of carbonyl (C=O) groups is 1. The molecular formula is C17H16F4N2OS. The fraction of sp³-hybridized carbons (Fsp3) is 0.412. The van der Waals surface area contributed by atoms with Gasteiger partial charge >= 0.3 is 6.18 Å². The van der Waals surface area contributed by atoms with Crippen LogP contribution < -0.4 is 4.90 Å². The molecule has 134 valence electrons. The van der Waals surface area contributed by atoms with Gasteiger partial charge in [-0.15, -0.1) is 11.3 Å². The fourth-order valence-corrected chi connectivity index (χ4v) is 4.08. The van der Waals surface area contributed by atoms with Crippen LogP contribution in [0, 0.1) is 5.82 Å². The summed E-state index contributed by atoms with van der Waals surface area (Å²) in [4.78, 5) is 17.4. The molecule has 1 aromatic carbocycles. The van der Waals surface area contributed by atoms with Gasteiger partial charge in [0.1, 0.15) is 5.82 Å². The van der Waals surface area contributed by atoms with Crippen molar-refractivity contribution in [3.05, 3.63) is 45.7 Å². The molecule has 0 aliphatic carbocycles. The standard InChI is InChI=1S/C17H16F4N2OS/c1-10(24)15-12(18)5-2-6-13(15)23-7-3-4-11(8-23)16-22-14(9-25-16)17(19,20)21/h2,5-6,9,11H,3-4,7-8H2,1H3. The van der Waals surface area contributed by atoms with E-state index in [1.165, 1.54) is 19.1 Å². The maximum absolute atomic E-state index is 14.0. The molecule has 1 aliphatic rings. The number of hydrogen-bond donors (Lipinski definition) is 0. The molecule has 1 aromatic heterocycles. The monoisotopic (exact) mass is 372 g/mol. The molecule has 3 rings (SSSR count). The molecule has 1 aliphatic heterocycles. The van der Waals surface area contributed by atoms with E-state index < -0.39 is 17.7 Å². The van der Waals surface area contributed by atoms with Gasteiger partial charge in [0, 0.05) is 24.4 Å². The van der Waals surface area contributed by atoms with Crippen LogP contribution in [0.3, 0.4) is 0 Å². The fourth-order valence-electron chi connectivity index (χ4n) is 3.13. The van der Waals surface area contributed by atoms with Crippen molar-refractivity contribution in [3.63, 3.8) is 0 Å². The van der Waals surface area contributed by atoms with E-state index in [4.69, 9.17) is 0 Å². The predicted molar refractivity (Wildman–Crippen MR) is 87.7 cm³/mol. The number of benzene rings is 1. The molecule has 0 N–H and O–H groups in total. The highest BCUT2D eigenvalue weighted by molar-refractivity contribution is 7.09. The molecule has 25 heavy (non-hydrogen) atoms. The second kappa shape index (κ2) is 6.74. The number of thiazole rings is 1. The van der Waals surface area contributed by atoms with Crippen molar-refractivity contribution >= 4 is 22.8 Å². The first-order valence-corrected chi connectivity index (χ1v) is 8.72. The summed E-state index contributed by atoms with van der Waals surface area (Å²) in [5, 5.41) is 1.45. The van der Waals surface area contributed by atoms with Gasteiger partial charge in [0.25, 0.3) is 0 Å². The molecule has 2 aromatic rings. The number of aromatic nitrogens is 1. The molecule has 0 amide bonds. The van der Waals surface area contributed by atoms with Gasteiger partial charge in [-0.3, -0.25) is 4.79 Å². The van der Waals surface area contributed by atoms with E-state index in [0.717, 1.165) is 23.1 Å². The number of hydrogen-bond acceptors (Lipinski definition) is 4. The molecule has 0 saturated carbocycles. The highest BCUT2D eigenvalue weighted by Gasteiger charge is 2.35. The van der Waals surface area contributed by atoms with E-state index in [1.807, 2.05) is 4.90 Å². The molecule has 2 heterocycles. The number of carbonyl (C=O) groups excluding carboxylic acids is 1. The van der Waals surface area contributed by atoms with Crippen LogP contribution in [0.4, 0.5) is 23.2 Å². The molecule has 8 heteroatoms. The predicted octanol–water partition coefficient (Wildman–Crippen LogP) is 4.89. The van der Waals surface area contributed by atoms with Crippen molar-refractivity contribution in [2.75, 3.05) is 18.0 Å². The van der Waals surface area contributed by atoms with Gasteiger partial charge in [0.2, 0.25) is 0 Å². The SMILES string of the molecule is CC(=O)c1c(F)cccc1N1CCCC(c2nc(C(F)(F)F)cs2)C1. The number of nitrogens with zero attached hydrogens (tertiary/aromatic N) is 2. The summed E-state index contributed by atoms with van der Waals surface area (Å²) in [6.07, 6.45) is -3.00. The Bertz CT molecular complexity index is 787. The Morgan fingerprint density at radius 3 is 2.76 bits per heavy atom. The summed E-state index contributed by atoms with van der Waals surface area (Å²) in [5.74, 6) is -1.12. The van der Waals surface area contributed by atoms with Gasteiger partial charge < -0.3 is 4.90 Å². The second-order valence-electron chi connectivity index (χ2n) is 6.04. The minimum absolute atomic E-state index is 0.0262. The molecule has 1 atom stereocenters. The van der Waals surface area contributed by atoms with Gasteiger partial charge in [-0.05, 0) is 31.9 Å². The van der Waals surface area contributed by atoms with Crippen LogP contribution in [-0.2, 0) is 6.18 Å². The van der Waals surface area contributed by atoms with E-state index in [1.54, 1.807) is 6.07 Å². The smallest absolute Gasteiger partial charge is 0.370 e. The average molecular weight is 372 g/mol. The third-order valence-electron chi connectivity index (χ3n) is 4.27. The second-order valence-corrected chi connectivity index (χ2v) is 6.93. The Balaban J connectivity index is 1.86. The van der Waals surface area contributed by atoms with Gasteiger partial charge in [-0.1, -0.05) is 6.07 Å². The van der Waals surface area contributed by atoms with Crippen molar-refractivity contribution in [2.24, 2.45) is 0 Å². The Kier molecular flexibility index (Phi) is 4.81. The zero-order chi connectivity index (χ0) is 18.2. The summed E-state index contributed by atoms with van der Waals surface area (Å²) in [6.45, 7) is 2.34.